The monoisotopic (exact) mass is 919 g/mol. The van der Waals surface area contributed by atoms with E-state index in [-0.39, 0.29) is 31.1 Å². The quantitative estimate of drug-likeness (QED) is 0.0344. The molecule has 0 N–H and O–H groups in total. The van der Waals surface area contributed by atoms with Gasteiger partial charge in [0, 0.05) is 19.3 Å². The molecular weight excluding hydrogens is 805 g/mol. The highest BCUT2D eigenvalue weighted by atomic mass is 16.6. The van der Waals surface area contributed by atoms with E-state index in [0.29, 0.717) is 19.3 Å². The molecule has 2 atom stereocenters. The molecule has 386 valence electrons. The Morgan fingerprint density at radius 1 is 0.323 bits per heavy atom. The number of rotatable bonds is 53. The molecule has 1 unspecified atom stereocenters. The number of carbonyl (C=O) groups is 3. The van der Waals surface area contributed by atoms with Gasteiger partial charge in [-0.3, -0.25) is 14.4 Å². The molecular formula is C59H114O6. The highest BCUT2D eigenvalue weighted by Gasteiger charge is 2.19. The van der Waals surface area contributed by atoms with E-state index >= 15 is 0 Å². The standard InChI is InChI=1S/C59H114O6/c1-6-8-9-10-11-12-13-14-15-19-22-25-28-34-39-44-49-57(60)63-52-56(65-59(62)51-46-41-36-31-30-33-38-43-48-55(5)7-2)53-64-58(61)50-45-40-35-29-26-23-20-17-16-18-21-24-27-32-37-42-47-54(3)4/h54-56H,6-53H2,1-5H3/t55?,56-/m1/s1. The van der Waals surface area contributed by atoms with E-state index in [0.717, 1.165) is 69.6 Å². The van der Waals surface area contributed by atoms with E-state index in [1.165, 1.54) is 218 Å². The van der Waals surface area contributed by atoms with Crippen molar-refractivity contribution >= 4 is 17.9 Å². The van der Waals surface area contributed by atoms with E-state index in [2.05, 4.69) is 34.6 Å². The van der Waals surface area contributed by atoms with Gasteiger partial charge in [0.05, 0.1) is 0 Å². The van der Waals surface area contributed by atoms with Crippen LogP contribution in [0.2, 0.25) is 0 Å². The number of esters is 3. The molecule has 0 bridgehead atoms. The molecule has 0 spiro atoms. The summed E-state index contributed by atoms with van der Waals surface area (Å²) < 4.78 is 16.9. The zero-order valence-corrected chi connectivity index (χ0v) is 44.6. The van der Waals surface area contributed by atoms with Crippen LogP contribution in [0.3, 0.4) is 0 Å². The molecule has 6 nitrogen and oxygen atoms in total. The molecule has 6 heteroatoms. The molecule has 0 heterocycles. The molecule has 0 saturated carbocycles. The predicted molar refractivity (Wildman–Crippen MR) is 280 cm³/mol. The van der Waals surface area contributed by atoms with Crippen LogP contribution >= 0.6 is 0 Å². The Hall–Kier alpha value is -1.59. The molecule has 0 aromatic heterocycles. The van der Waals surface area contributed by atoms with Crippen molar-refractivity contribution in [3.05, 3.63) is 0 Å². The second-order valence-corrected chi connectivity index (χ2v) is 21.0. The molecule has 0 aliphatic heterocycles. The summed E-state index contributed by atoms with van der Waals surface area (Å²) in [5, 5.41) is 0. The number of hydrogen-bond donors (Lipinski definition) is 0. The van der Waals surface area contributed by atoms with E-state index < -0.39 is 6.10 Å². The summed E-state index contributed by atoms with van der Waals surface area (Å²) in [7, 11) is 0. The van der Waals surface area contributed by atoms with Crippen LogP contribution in [0.15, 0.2) is 0 Å². The van der Waals surface area contributed by atoms with Crippen molar-refractivity contribution in [2.75, 3.05) is 13.2 Å². The first kappa shape index (κ1) is 63.4. The van der Waals surface area contributed by atoms with E-state index in [9.17, 15) is 14.4 Å². The van der Waals surface area contributed by atoms with Crippen molar-refractivity contribution in [2.24, 2.45) is 11.8 Å². The average Bonchev–Trinajstić information content (AvgIpc) is 3.29. The lowest BCUT2D eigenvalue weighted by Crippen LogP contribution is -2.30. The Morgan fingerprint density at radius 3 is 0.877 bits per heavy atom. The summed E-state index contributed by atoms with van der Waals surface area (Å²) >= 11 is 0. The van der Waals surface area contributed by atoms with Gasteiger partial charge in [-0.1, -0.05) is 291 Å². The van der Waals surface area contributed by atoms with E-state index in [1.54, 1.807) is 0 Å². The van der Waals surface area contributed by atoms with Crippen molar-refractivity contribution in [3.8, 4) is 0 Å². The van der Waals surface area contributed by atoms with Gasteiger partial charge in [0.15, 0.2) is 6.10 Å². The highest BCUT2D eigenvalue weighted by Crippen LogP contribution is 2.19. The van der Waals surface area contributed by atoms with Gasteiger partial charge in [-0.25, -0.2) is 0 Å². The third-order valence-electron chi connectivity index (χ3n) is 13.8. The lowest BCUT2D eigenvalue weighted by Gasteiger charge is -2.18. The van der Waals surface area contributed by atoms with E-state index in [1.807, 2.05) is 0 Å². The van der Waals surface area contributed by atoms with Gasteiger partial charge in [0.2, 0.25) is 0 Å². The smallest absolute Gasteiger partial charge is 0.306 e. The third-order valence-corrected chi connectivity index (χ3v) is 13.8. The van der Waals surface area contributed by atoms with Crippen molar-refractivity contribution in [3.63, 3.8) is 0 Å². The van der Waals surface area contributed by atoms with Crippen LogP contribution in [0, 0.1) is 11.8 Å². The van der Waals surface area contributed by atoms with Gasteiger partial charge in [-0.05, 0) is 31.1 Å². The van der Waals surface area contributed by atoms with Gasteiger partial charge < -0.3 is 14.2 Å². The predicted octanol–water partition coefficient (Wildman–Crippen LogP) is 19.3. The zero-order chi connectivity index (χ0) is 47.5. The molecule has 0 saturated heterocycles. The lowest BCUT2D eigenvalue weighted by atomic mass is 9.99. The minimum absolute atomic E-state index is 0.0631. The average molecular weight is 920 g/mol. The van der Waals surface area contributed by atoms with Gasteiger partial charge in [0.1, 0.15) is 13.2 Å². The minimum atomic E-state index is -0.763. The second-order valence-electron chi connectivity index (χ2n) is 21.0. The maximum Gasteiger partial charge on any atom is 0.306 e. The summed E-state index contributed by atoms with van der Waals surface area (Å²) in [4.78, 5) is 38.1. The largest absolute Gasteiger partial charge is 0.462 e. The van der Waals surface area contributed by atoms with E-state index in [4.69, 9.17) is 14.2 Å². The van der Waals surface area contributed by atoms with Crippen molar-refractivity contribution in [1.29, 1.82) is 0 Å². The number of ether oxygens (including phenoxy) is 3. The number of carbonyl (C=O) groups excluding carboxylic acids is 3. The topological polar surface area (TPSA) is 78.9 Å². The first-order valence-corrected chi connectivity index (χ1v) is 29.3. The molecule has 0 aromatic rings. The Kier molecular flexibility index (Phi) is 50.5. The van der Waals surface area contributed by atoms with Crippen LogP contribution in [0.25, 0.3) is 0 Å². The highest BCUT2D eigenvalue weighted by molar-refractivity contribution is 5.71. The third kappa shape index (κ3) is 51.6. The summed E-state index contributed by atoms with van der Waals surface area (Å²) in [5.74, 6) is 0.857. The molecule has 0 fully saturated rings. The normalized spacial score (nSPS) is 12.5. The molecule has 0 aliphatic carbocycles. The Bertz CT molecular complexity index is 995. The SMILES string of the molecule is CCCCCCCCCCCCCCCCCCC(=O)OC[C@H](COC(=O)CCCCCCCCCCCCCCCCCCC(C)C)OC(=O)CCCCCCCCCCC(C)CC. The van der Waals surface area contributed by atoms with Crippen molar-refractivity contribution in [2.45, 2.75) is 336 Å². The van der Waals surface area contributed by atoms with Gasteiger partial charge in [0.25, 0.3) is 0 Å². The first-order valence-electron chi connectivity index (χ1n) is 29.3. The maximum atomic E-state index is 12.8. The molecule has 0 aliphatic rings. The van der Waals surface area contributed by atoms with Crippen LogP contribution < -0.4 is 0 Å². The van der Waals surface area contributed by atoms with Gasteiger partial charge in [-0.2, -0.15) is 0 Å². The van der Waals surface area contributed by atoms with Crippen LogP contribution in [0.4, 0.5) is 0 Å². The molecule has 65 heavy (non-hydrogen) atoms. The summed E-state index contributed by atoms with van der Waals surface area (Å²) in [6.07, 6.45) is 55.2. The minimum Gasteiger partial charge on any atom is -0.462 e. The molecule has 0 radical (unpaired) electrons. The number of hydrogen-bond acceptors (Lipinski definition) is 6. The van der Waals surface area contributed by atoms with Crippen LogP contribution in [-0.2, 0) is 28.6 Å². The summed E-state index contributed by atoms with van der Waals surface area (Å²) in [6, 6.07) is 0. The zero-order valence-electron chi connectivity index (χ0n) is 44.6. The van der Waals surface area contributed by atoms with Gasteiger partial charge >= 0.3 is 17.9 Å². The fraction of sp³-hybridized carbons (Fsp3) is 0.949. The van der Waals surface area contributed by atoms with Crippen LogP contribution in [0.1, 0.15) is 330 Å². The van der Waals surface area contributed by atoms with Crippen LogP contribution in [0.5, 0.6) is 0 Å². The fourth-order valence-electron chi connectivity index (χ4n) is 9.02. The first-order chi connectivity index (χ1) is 31.8. The lowest BCUT2D eigenvalue weighted by molar-refractivity contribution is -0.167. The van der Waals surface area contributed by atoms with Gasteiger partial charge in [-0.15, -0.1) is 0 Å². The Morgan fingerprint density at radius 2 is 0.585 bits per heavy atom. The summed E-state index contributed by atoms with van der Waals surface area (Å²) in [5.41, 5.74) is 0. The number of unbranched alkanes of at least 4 members (excludes halogenated alkanes) is 37. The van der Waals surface area contributed by atoms with Crippen molar-refractivity contribution < 1.29 is 28.6 Å². The molecule has 0 aromatic carbocycles. The fourth-order valence-corrected chi connectivity index (χ4v) is 9.02. The Balaban J connectivity index is 4.26. The molecule has 0 rings (SSSR count). The van der Waals surface area contributed by atoms with Crippen LogP contribution in [-0.4, -0.2) is 37.2 Å². The molecule has 0 amide bonds. The Labute approximate surface area is 406 Å². The maximum absolute atomic E-state index is 12.8. The second kappa shape index (κ2) is 51.8. The van der Waals surface area contributed by atoms with Crippen molar-refractivity contribution in [1.82, 2.24) is 0 Å². The summed E-state index contributed by atoms with van der Waals surface area (Å²) in [6.45, 7) is 11.4.